The van der Waals surface area contributed by atoms with Crippen LogP contribution in [0.4, 0.5) is 4.79 Å². The van der Waals surface area contributed by atoms with Crippen molar-refractivity contribution in [2.45, 2.75) is 12.5 Å². The first kappa shape index (κ1) is 7.86. The molecule has 2 rings (SSSR count). The second-order valence-corrected chi connectivity index (χ2v) is 3.82. The first-order valence-electron chi connectivity index (χ1n) is 4.26. The number of amides is 1. The van der Waals surface area contributed by atoms with Crippen LogP contribution in [0.25, 0.3) is 0 Å². The van der Waals surface area contributed by atoms with Gasteiger partial charge in [0, 0.05) is 26.1 Å². The Bertz CT molecular complexity index is 219. The molecule has 2 aliphatic rings. The van der Waals surface area contributed by atoms with Gasteiger partial charge in [-0.3, -0.25) is 0 Å². The van der Waals surface area contributed by atoms with Crippen LogP contribution in [0.1, 0.15) is 6.92 Å². The molecule has 0 saturated carbocycles. The number of carbonyl (C=O) groups is 1. The largest absolute Gasteiger partial charge is 0.449 e. The molecule has 0 aliphatic carbocycles. The minimum atomic E-state index is -0.197. The lowest BCUT2D eigenvalue weighted by molar-refractivity contribution is -0.00459. The summed E-state index contributed by atoms with van der Waals surface area (Å²) in [7, 11) is 1.81. The van der Waals surface area contributed by atoms with Crippen molar-refractivity contribution in [2.75, 3.05) is 26.7 Å². The van der Waals surface area contributed by atoms with Crippen LogP contribution in [0.15, 0.2) is 0 Å². The zero-order valence-corrected chi connectivity index (χ0v) is 7.46. The molecule has 2 saturated heterocycles. The van der Waals surface area contributed by atoms with Gasteiger partial charge in [0.15, 0.2) is 0 Å². The third kappa shape index (κ3) is 0.843. The van der Waals surface area contributed by atoms with Crippen LogP contribution in [0.2, 0.25) is 0 Å². The van der Waals surface area contributed by atoms with E-state index in [1.807, 2.05) is 7.05 Å². The van der Waals surface area contributed by atoms with Gasteiger partial charge in [-0.05, 0) is 6.92 Å². The maximum atomic E-state index is 11.2. The molecule has 0 radical (unpaired) electrons. The van der Waals surface area contributed by atoms with Crippen LogP contribution in [0.3, 0.4) is 0 Å². The fraction of sp³-hybridized carbons (Fsp3) is 0.875. The van der Waals surface area contributed by atoms with Gasteiger partial charge in [-0.15, -0.1) is 0 Å². The number of fused-ring (bicyclic) bond motifs is 1. The zero-order chi connectivity index (χ0) is 8.77. The molecular formula is C8H14N2O2. The van der Waals surface area contributed by atoms with Gasteiger partial charge in [-0.1, -0.05) is 0 Å². The average molecular weight is 170 g/mol. The second-order valence-electron chi connectivity index (χ2n) is 3.82. The summed E-state index contributed by atoms with van der Waals surface area (Å²) in [5, 5.41) is 3.28. The molecule has 1 amide bonds. The van der Waals surface area contributed by atoms with E-state index in [0.717, 1.165) is 13.1 Å². The van der Waals surface area contributed by atoms with Gasteiger partial charge >= 0.3 is 6.09 Å². The van der Waals surface area contributed by atoms with Crippen molar-refractivity contribution in [1.82, 2.24) is 10.2 Å². The zero-order valence-electron chi connectivity index (χ0n) is 7.46. The molecule has 0 aromatic rings. The van der Waals surface area contributed by atoms with E-state index >= 15 is 0 Å². The Morgan fingerprint density at radius 1 is 1.75 bits per heavy atom. The number of nitrogens with zero attached hydrogens (tertiary/aromatic N) is 1. The van der Waals surface area contributed by atoms with Crippen molar-refractivity contribution in [3.8, 4) is 0 Å². The van der Waals surface area contributed by atoms with Crippen molar-refractivity contribution in [3.05, 3.63) is 0 Å². The molecule has 2 heterocycles. The van der Waals surface area contributed by atoms with E-state index in [1.165, 1.54) is 0 Å². The number of carbonyl (C=O) groups excluding carboxylic acids is 1. The Kier molecular flexibility index (Phi) is 1.54. The Hall–Kier alpha value is -0.770. The number of hydrogen-bond acceptors (Lipinski definition) is 3. The number of hydrogen-bond donors (Lipinski definition) is 1. The smallest absolute Gasteiger partial charge is 0.410 e. The molecule has 0 bridgehead atoms. The number of rotatable bonds is 0. The minimum absolute atomic E-state index is 0.0324. The van der Waals surface area contributed by atoms with Crippen molar-refractivity contribution in [2.24, 2.45) is 5.92 Å². The highest BCUT2D eigenvalue weighted by Crippen LogP contribution is 2.31. The SMILES string of the molecule is CN1C(=O)OCC2CNCC21C. The molecule has 2 aliphatic heterocycles. The van der Waals surface area contributed by atoms with Crippen LogP contribution in [0, 0.1) is 5.92 Å². The van der Waals surface area contributed by atoms with Gasteiger partial charge in [0.1, 0.15) is 0 Å². The van der Waals surface area contributed by atoms with Crippen LogP contribution in [-0.2, 0) is 4.74 Å². The fourth-order valence-corrected chi connectivity index (χ4v) is 1.97. The Morgan fingerprint density at radius 2 is 2.50 bits per heavy atom. The first-order chi connectivity index (χ1) is 5.64. The standard InChI is InChI=1S/C8H14N2O2/c1-8-5-9-3-6(8)4-12-7(11)10(8)2/h6,9H,3-5H2,1-2H3. The summed E-state index contributed by atoms with van der Waals surface area (Å²) in [6.45, 7) is 4.50. The third-order valence-electron chi connectivity index (χ3n) is 3.20. The van der Waals surface area contributed by atoms with E-state index < -0.39 is 0 Å². The van der Waals surface area contributed by atoms with Crippen molar-refractivity contribution < 1.29 is 9.53 Å². The summed E-state index contributed by atoms with van der Waals surface area (Å²) in [5.41, 5.74) is -0.0324. The molecule has 0 aromatic carbocycles. The van der Waals surface area contributed by atoms with Gasteiger partial charge < -0.3 is 15.0 Å². The minimum Gasteiger partial charge on any atom is -0.449 e. The van der Waals surface area contributed by atoms with Gasteiger partial charge in [-0.25, -0.2) is 4.79 Å². The summed E-state index contributed by atoms with van der Waals surface area (Å²) >= 11 is 0. The van der Waals surface area contributed by atoms with E-state index in [-0.39, 0.29) is 11.6 Å². The summed E-state index contributed by atoms with van der Waals surface area (Å²) in [6.07, 6.45) is -0.197. The second kappa shape index (κ2) is 2.36. The van der Waals surface area contributed by atoms with Crippen LogP contribution >= 0.6 is 0 Å². The molecule has 2 fully saturated rings. The molecular weight excluding hydrogens is 156 g/mol. The summed E-state index contributed by atoms with van der Waals surface area (Å²) in [6, 6.07) is 0. The maximum Gasteiger partial charge on any atom is 0.410 e. The predicted molar refractivity (Wildman–Crippen MR) is 43.9 cm³/mol. The highest BCUT2D eigenvalue weighted by Gasteiger charge is 2.48. The van der Waals surface area contributed by atoms with E-state index in [4.69, 9.17) is 4.74 Å². The van der Waals surface area contributed by atoms with Gasteiger partial charge in [0.25, 0.3) is 0 Å². The van der Waals surface area contributed by atoms with Gasteiger partial charge in [0.05, 0.1) is 12.1 Å². The quantitative estimate of drug-likeness (QED) is 0.558. The molecule has 0 spiro atoms. The molecule has 4 heteroatoms. The maximum absolute atomic E-state index is 11.2. The molecule has 2 unspecified atom stereocenters. The lowest BCUT2D eigenvalue weighted by atomic mass is 9.87. The first-order valence-corrected chi connectivity index (χ1v) is 4.26. The molecule has 1 N–H and O–H groups in total. The van der Waals surface area contributed by atoms with Crippen LogP contribution in [-0.4, -0.2) is 43.3 Å². The van der Waals surface area contributed by atoms with E-state index in [9.17, 15) is 4.79 Å². The summed E-state index contributed by atoms with van der Waals surface area (Å²) < 4.78 is 5.02. The Balaban J connectivity index is 2.25. The van der Waals surface area contributed by atoms with Crippen molar-refractivity contribution >= 4 is 6.09 Å². The van der Waals surface area contributed by atoms with Crippen molar-refractivity contribution in [1.29, 1.82) is 0 Å². The van der Waals surface area contributed by atoms with E-state index in [0.29, 0.717) is 12.5 Å². The van der Waals surface area contributed by atoms with Gasteiger partial charge in [-0.2, -0.15) is 0 Å². The summed E-state index contributed by atoms with van der Waals surface area (Å²) in [4.78, 5) is 12.9. The third-order valence-corrected chi connectivity index (χ3v) is 3.20. The highest BCUT2D eigenvalue weighted by molar-refractivity contribution is 5.69. The van der Waals surface area contributed by atoms with Gasteiger partial charge in [0.2, 0.25) is 0 Å². The van der Waals surface area contributed by atoms with E-state index in [1.54, 1.807) is 4.90 Å². The summed E-state index contributed by atoms with van der Waals surface area (Å²) in [5.74, 6) is 0.445. The monoisotopic (exact) mass is 170 g/mol. The molecule has 0 aromatic heterocycles. The Morgan fingerprint density at radius 3 is 3.25 bits per heavy atom. The van der Waals surface area contributed by atoms with Crippen LogP contribution < -0.4 is 5.32 Å². The number of cyclic esters (lactones) is 1. The number of likely N-dealkylation sites (N-methyl/N-ethyl adjacent to an activating group) is 1. The lowest BCUT2D eigenvalue weighted by Crippen LogP contribution is -2.57. The van der Waals surface area contributed by atoms with Crippen LogP contribution in [0.5, 0.6) is 0 Å². The Labute approximate surface area is 71.9 Å². The lowest BCUT2D eigenvalue weighted by Gasteiger charge is -2.42. The molecule has 68 valence electrons. The van der Waals surface area contributed by atoms with Crippen molar-refractivity contribution in [3.63, 3.8) is 0 Å². The number of nitrogens with one attached hydrogen (secondary N) is 1. The molecule has 2 atom stereocenters. The van der Waals surface area contributed by atoms with E-state index in [2.05, 4.69) is 12.2 Å². The topological polar surface area (TPSA) is 41.6 Å². The number of ether oxygens (including phenoxy) is 1. The normalized spacial score (nSPS) is 41.0. The predicted octanol–water partition coefficient (Wildman–Crippen LogP) is 0.0465. The molecule has 4 nitrogen and oxygen atoms in total. The average Bonchev–Trinajstić information content (AvgIpc) is 2.42. The highest BCUT2D eigenvalue weighted by atomic mass is 16.6. The fourth-order valence-electron chi connectivity index (χ4n) is 1.97. The molecule has 12 heavy (non-hydrogen) atoms.